The van der Waals surface area contributed by atoms with Crippen molar-refractivity contribution in [2.24, 2.45) is 9.98 Å². The maximum absolute atomic E-state index is 5.16. The Bertz CT molecular complexity index is 956. The van der Waals surface area contributed by atoms with Gasteiger partial charge in [-0.1, -0.05) is 60.7 Å². The summed E-state index contributed by atoms with van der Waals surface area (Å²) in [5.74, 6) is 0.853. The third kappa shape index (κ3) is 3.24. The molecule has 128 valence electrons. The van der Waals surface area contributed by atoms with Gasteiger partial charge in [-0.05, 0) is 17.5 Å². The van der Waals surface area contributed by atoms with Gasteiger partial charge in [-0.25, -0.2) is 0 Å². The van der Waals surface area contributed by atoms with E-state index < -0.39 is 0 Å². The molecular formula is C22H19N3S. The van der Waals surface area contributed by atoms with E-state index >= 15 is 0 Å². The second-order valence-corrected chi connectivity index (χ2v) is 6.93. The monoisotopic (exact) mass is 357 g/mol. The molecule has 3 nitrogen and oxygen atoms in total. The van der Waals surface area contributed by atoms with Gasteiger partial charge >= 0.3 is 0 Å². The zero-order valence-corrected chi connectivity index (χ0v) is 15.1. The molecule has 1 unspecified atom stereocenters. The summed E-state index contributed by atoms with van der Waals surface area (Å²) in [6.07, 6.45) is 1.80. The number of benzodiazepines with no additional fused rings is 1. The minimum Gasteiger partial charge on any atom is -0.341 e. The minimum absolute atomic E-state index is 0.155. The topological polar surface area (TPSA) is 36.8 Å². The van der Waals surface area contributed by atoms with Gasteiger partial charge in [0.15, 0.2) is 0 Å². The minimum atomic E-state index is -0.155. The van der Waals surface area contributed by atoms with Crippen molar-refractivity contribution in [1.82, 2.24) is 0 Å². The lowest BCUT2D eigenvalue weighted by molar-refractivity contribution is 0.974. The molecule has 0 saturated heterocycles. The van der Waals surface area contributed by atoms with Gasteiger partial charge < -0.3 is 5.32 Å². The van der Waals surface area contributed by atoms with Crippen LogP contribution in [0, 0.1) is 0 Å². The Morgan fingerprint density at radius 1 is 1.04 bits per heavy atom. The first-order valence-electron chi connectivity index (χ1n) is 8.55. The molecule has 0 spiro atoms. The first-order chi connectivity index (χ1) is 12.9. The lowest BCUT2D eigenvalue weighted by Crippen LogP contribution is -2.19. The van der Waals surface area contributed by atoms with E-state index in [0.29, 0.717) is 6.54 Å². The number of para-hydroxylation sites is 1. The predicted octanol–water partition coefficient (Wildman–Crippen LogP) is 5.34. The molecule has 26 heavy (non-hydrogen) atoms. The van der Waals surface area contributed by atoms with Gasteiger partial charge in [0.2, 0.25) is 0 Å². The van der Waals surface area contributed by atoms with E-state index in [1.54, 1.807) is 17.4 Å². The fourth-order valence-electron chi connectivity index (χ4n) is 3.02. The first kappa shape index (κ1) is 16.5. The number of thiophene rings is 1. The Morgan fingerprint density at radius 2 is 1.85 bits per heavy atom. The zero-order chi connectivity index (χ0) is 17.8. The molecule has 2 heterocycles. The highest BCUT2D eigenvalue weighted by molar-refractivity contribution is 7.10. The van der Waals surface area contributed by atoms with Crippen LogP contribution in [-0.4, -0.2) is 18.1 Å². The summed E-state index contributed by atoms with van der Waals surface area (Å²) in [5.41, 5.74) is 4.20. The molecule has 4 rings (SSSR count). The fourth-order valence-corrected chi connectivity index (χ4v) is 3.79. The zero-order valence-electron chi connectivity index (χ0n) is 14.3. The van der Waals surface area contributed by atoms with Gasteiger partial charge in [-0.2, -0.15) is 0 Å². The summed E-state index contributed by atoms with van der Waals surface area (Å²) in [7, 11) is 0. The van der Waals surface area contributed by atoms with Crippen LogP contribution in [0.5, 0.6) is 0 Å². The van der Waals surface area contributed by atoms with Crippen molar-refractivity contribution >= 4 is 28.6 Å². The van der Waals surface area contributed by atoms with E-state index in [1.165, 1.54) is 4.88 Å². The summed E-state index contributed by atoms with van der Waals surface area (Å²) >= 11 is 1.70. The van der Waals surface area contributed by atoms with Crippen molar-refractivity contribution < 1.29 is 0 Å². The van der Waals surface area contributed by atoms with E-state index in [2.05, 4.69) is 53.7 Å². The molecule has 0 fully saturated rings. The van der Waals surface area contributed by atoms with Crippen LogP contribution in [-0.2, 0) is 0 Å². The SMILES string of the molecule is C=CCN=C1Nc2ccccc2C(c2ccccc2)=NC1c1cccs1. The van der Waals surface area contributed by atoms with E-state index in [0.717, 1.165) is 28.4 Å². The Morgan fingerprint density at radius 3 is 2.62 bits per heavy atom. The number of hydrogen-bond donors (Lipinski definition) is 1. The average molecular weight is 357 g/mol. The summed E-state index contributed by atoms with van der Waals surface area (Å²) in [4.78, 5) is 11.0. The Balaban J connectivity index is 1.93. The summed E-state index contributed by atoms with van der Waals surface area (Å²) in [6, 6.07) is 22.6. The number of fused-ring (bicyclic) bond motifs is 1. The average Bonchev–Trinajstić information content (AvgIpc) is 3.16. The molecule has 1 N–H and O–H groups in total. The van der Waals surface area contributed by atoms with Gasteiger partial charge in [0.25, 0.3) is 0 Å². The number of anilines is 1. The van der Waals surface area contributed by atoms with Crippen LogP contribution >= 0.6 is 11.3 Å². The highest BCUT2D eigenvalue weighted by Crippen LogP contribution is 2.32. The molecule has 3 aromatic rings. The molecule has 4 heteroatoms. The van der Waals surface area contributed by atoms with Crippen LogP contribution in [0.1, 0.15) is 22.0 Å². The van der Waals surface area contributed by atoms with Crippen molar-refractivity contribution in [1.29, 1.82) is 0 Å². The molecule has 0 aliphatic carbocycles. The van der Waals surface area contributed by atoms with Crippen LogP contribution in [0.25, 0.3) is 0 Å². The van der Waals surface area contributed by atoms with E-state index in [1.807, 2.05) is 30.3 Å². The van der Waals surface area contributed by atoms with Gasteiger partial charge in [-0.15, -0.1) is 17.9 Å². The van der Waals surface area contributed by atoms with Crippen molar-refractivity contribution in [3.8, 4) is 0 Å². The Labute approximate surface area is 157 Å². The number of benzene rings is 2. The molecule has 0 saturated carbocycles. The fraction of sp³-hybridized carbons (Fsp3) is 0.0909. The largest absolute Gasteiger partial charge is 0.341 e. The van der Waals surface area contributed by atoms with E-state index in [-0.39, 0.29) is 6.04 Å². The standard InChI is InChI=1S/C22H19N3S/c1-2-14-23-22-21(19-13-8-15-26-19)25-20(16-9-4-3-5-10-16)17-11-6-7-12-18(17)24-22/h2-13,15,21H,1,14H2,(H,23,24). The van der Waals surface area contributed by atoms with Gasteiger partial charge in [0.05, 0.1) is 12.3 Å². The number of nitrogens with one attached hydrogen (secondary N) is 1. The van der Waals surface area contributed by atoms with Gasteiger partial charge in [0.1, 0.15) is 11.9 Å². The van der Waals surface area contributed by atoms with Crippen molar-refractivity contribution in [2.45, 2.75) is 6.04 Å². The smallest absolute Gasteiger partial charge is 0.142 e. The van der Waals surface area contributed by atoms with Crippen molar-refractivity contribution in [3.05, 3.63) is 101 Å². The van der Waals surface area contributed by atoms with Gasteiger partial charge in [0, 0.05) is 21.7 Å². The van der Waals surface area contributed by atoms with Crippen LogP contribution in [0.2, 0.25) is 0 Å². The molecule has 0 bridgehead atoms. The summed E-state index contributed by atoms with van der Waals surface area (Å²) < 4.78 is 0. The molecular weight excluding hydrogens is 338 g/mol. The predicted molar refractivity (Wildman–Crippen MR) is 112 cm³/mol. The molecule has 0 radical (unpaired) electrons. The second kappa shape index (κ2) is 7.50. The second-order valence-electron chi connectivity index (χ2n) is 5.95. The lowest BCUT2D eigenvalue weighted by Gasteiger charge is -2.14. The Kier molecular flexibility index (Phi) is 4.75. The quantitative estimate of drug-likeness (QED) is 0.629. The molecule has 1 aliphatic rings. The van der Waals surface area contributed by atoms with Crippen LogP contribution in [0.3, 0.4) is 0 Å². The first-order valence-corrected chi connectivity index (χ1v) is 9.43. The van der Waals surface area contributed by atoms with E-state index in [4.69, 9.17) is 9.98 Å². The molecule has 0 amide bonds. The van der Waals surface area contributed by atoms with E-state index in [9.17, 15) is 0 Å². The number of hydrogen-bond acceptors (Lipinski definition) is 3. The van der Waals surface area contributed by atoms with Crippen LogP contribution in [0.4, 0.5) is 5.69 Å². The summed E-state index contributed by atoms with van der Waals surface area (Å²) in [5, 5.41) is 5.61. The normalized spacial score (nSPS) is 17.8. The lowest BCUT2D eigenvalue weighted by atomic mass is 10.0. The number of nitrogens with zero attached hydrogens (tertiary/aromatic N) is 2. The third-order valence-electron chi connectivity index (χ3n) is 4.21. The highest BCUT2D eigenvalue weighted by Gasteiger charge is 2.25. The molecule has 1 aliphatic heterocycles. The number of aliphatic imine (C=N–C) groups is 2. The Hall–Kier alpha value is -2.98. The summed E-state index contributed by atoms with van der Waals surface area (Å²) in [6.45, 7) is 4.35. The maximum atomic E-state index is 5.16. The van der Waals surface area contributed by atoms with Crippen molar-refractivity contribution in [3.63, 3.8) is 0 Å². The van der Waals surface area contributed by atoms with Crippen molar-refractivity contribution in [2.75, 3.05) is 11.9 Å². The maximum Gasteiger partial charge on any atom is 0.142 e. The molecule has 1 aromatic heterocycles. The number of amidine groups is 1. The molecule has 1 atom stereocenters. The third-order valence-corrected chi connectivity index (χ3v) is 5.14. The van der Waals surface area contributed by atoms with Gasteiger partial charge in [-0.3, -0.25) is 9.98 Å². The number of rotatable bonds is 4. The molecule has 2 aromatic carbocycles. The highest BCUT2D eigenvalue weighted by atomic mass is 32.1. The van der Waals surface area contributed by atoms with Crippen LogP contribution < -0.4 is 5.32 Å². The van der Waals surface area contributed by atoms with Crippen LogP contribution in [0.15, 0.2) is 94.7 Å².